The maximum absolute atomic E-state index is 12.9. The van der Waals surface area contributed by atoms with Gasteiger partial charge in [0.05, 0.1) is 0 Å². The fourth-order valence-electron chi connectivity index (χ4n) is 3.76. The van der Waals surface area contributed by atoms with Crippen LogP contribution in [0.3, 0.4) is 0 Å². The van der Waals surface area contributed by atoms with Crippen molar-refractivity contribution in [2.45, 2.75) is 4.90 Å². The second-order valence-electron chi connectivity index (χ2n) is 7.79. The second kappa shape index (κ2) is 9.05. The third-order valence-corrected chi connectivity index (χ3v) is 7.67. The highest BCUT2D eigenvalue weighted by molar-refractivity contribution is 7.89. The van der Waals surface area contributed by atoms with Gasteiger partial charge in [-0.05, 0) is 35.9 Å². The van der Waals surface area contributed by atoms with Crippen molar-refractivity contribution in [3.63, 3.8) is 0 Å². The van der Waals surface area contributed by atoms with Crippen LogP contribution in [0.4, 0.5) is 0 Å². The summed E-state index contributed by atoms with van der Waals surface area (Å²) < 4.78 is 34.2. The Morgan fingerprint density at radius 2 is 1.88 bits per heavy atom. The molecule has 0 radical (unpaired) electrons. The van der Waals surface area contributed by atoms with Crippen molar-refractivity contribution in [1.29, 1.82) is 0 Å². The zero-order valence-corrected chi connectivity index (χ0v) is 19.5. The summed E-state index contributed by atoms with van der Waals surface area (Å²) in [5.74, 6) is -0.173. The van der Waals surface area contributed by atoms with Crippen LogP contribution < -0.4 is 10.5 Å². The molecule has 2 aromatic rings. The van der Waals surface area contributed by atoms with E-state index in [-0.39, 0.29) is 42.7 Å². The Kier molecular flexibility index (Phi) is 6.33. The SMILES string of the molecule is Cn1cc(S(=O)(=O)N2CCN(C(=O)/C=C/C3=Cc4cc(Cl)ccc4OC3)CC2)cc1C(N)=O. The highest BCUT2D eigenvalue weighted by atomic mass is 35.5. The fourth-order valence-corrected chi connectivity index (χ4v) is 5.44. The van der Waals surface area contributed by atoms with Crippen molar-refractivity contribution in [1.82, 2.24) is 13.8 Å². The number of ether oxygens (including phenoxy) is 1. The van der Waals surface area contributed by atoms with Crippen LogP contribution in [0.5, 0.6) is 5.75 Å². The van der Waals surface area contributed by atoms with Crippen LogP contribution in [-0.4, -0.2) is 66.8 Å². The van der Waals surface area contributed by atoms with Crippen molar-refractivity contribution in [3.05, 3.63) is 64.5 Å². The van der Waals surface area contributed by atoms with E-state index in [2.05, 4.69) is 0 Å². The van der Waals surface area contributed by atoms with E-state index < -0.39 is 15.9 Å². The molecular formula is C22H23ClN4O5S. The van der Waals surface area contributed by atoms with Crippen LogP contribution in [-0.2, 0) is 21.9 Å². The van der Waals surface area contributed by atoms with Crippen molar-refractivity contribution >= 4 is 39.5 Å². The molecule has 0 spiro atoms. The molecule has 33 heavy (non-hydrogen) atoms. The summed E-state index contributed by atoms with van der Waals surface area (Å²) in [7, 11) is -2.24. The number of primary amides is 1. The highest BCUT2D eigenvalue weighted by Gasteiger charge is 2.31. The number of sulfonamides is 1. The summed E-state index contributed by atoms with van der Waals surface area (Å²) in [6, 6.07) is 6.62. The average Bonchev–Trinajstić information content (AvgIpc) is 3.20. The van der Waals surface area contributed by atoms with Crippen LogP contribution in [0.15, 0.2) is 53.1 Å². The molecule has 9 nitrogen and oxygen atoms in total. The van der Waals surface area contributed by atoms with Crippen LogP contribution in [0, 0.1) is 0 Å². The Morgan fingerprint density at radius 1 is 1.15 bits per heavy atom. The Morgan fingerprint density at radius 3 is 2.55 bits per heavy atom. The Hall–Kier alpha value is -3.08. The van der Waals surface area contributed by atoms with Gasteiger partial charge in [-0.25, -0.2) is 8.42 Å². The molecule has 1 fully saturated rings. The van der Waals surface area contributed by atoms with Crippen molar-refractivity contribution < 1.29 is 22.7 Å². The number of fused-ring (bicyclic) bond motifs is 1. The molecule has 11 heteroatoms. The van der Waals surface area contributed by atoms with Gasteiger partial charge >= 0.3 is 0 Å². The topological polar surface area (TPSA) is 115 Å². The summed E-state index contributed by atoms with van der Waals surface area (Å²) in [6.07, 6.45) is 6.44. The number of rotatable bonds is 5. The highest BCUT2D eigenvalue weighted by Crippen LogP contribution is 2.29. The summed E-state index contributed by atoms with van der Waals surface area (Å²) in [4.78, 5) is 25.6. The molecule has 0 aliphatic carbocycles. The Balaban J connectivity index is 1.38. The molecular weight excluding hydrogens is 468 g/mol. The summed E-state index contributed by atoms with van der Waals surface area (Å²) >= 11 is 6.03. The van der Waals surface area contributed by atoms with E-state index in [4.69, 9.17) is 22.1 Å². The van der Waals surface area contributed by atoms with Gasteiger partial charge in [-0.2, -0.15) is 4.31 Å². The normalized spacial score (nSPS) is 16.9. The lowest BCUT2D eigenvalue weighted by Gasteiger charge is -2.33. The number of piperazine rings is 1. The summed E-state index contributed by atoms with van der Waals surface area (Å²) in [5, 5.41) is 0.601. The maximum atomic E-state index is 12.9. The molecule has 4 rings (SSSR count). The molecule has 1 aromatic heterocycles. The lowest BCUT2D eigenvalue weighted by molar-refractivity contribution is -0.127. The van der Waals surface area contributed by atoms with Gasteiger partial charge in [-0.3, -0.25) is 9.59 Å². The standard InChI is InChI=1S/C22H23ClN4O5S/c1-25-13-18(12-19(25)22(24)29)33(30,31)27-8-6-26(7-9-27)21(28)5-2-15-10-16-11-17(23)3-4-20(16)32-14-15/h2-5,10-13H,6-9,14H2,1H3,(H2,24,29)/b5-2+. The number of hydrogen-bond donors (Lipinski definition) is 1. The minimum absolute atomic E-state index is 0.00286. The van der Waals surface area contributed by atoms with Gasteiger partial charge in [0.15, 0.2) is 0 Å². The van der Waals surface area contributed by atoms with E-state index in [9.17, 15) is 18.0 Å². The van der Waals surface area contributed by atoms with Gasteiger partial charge in [0.1, 0.15) is 22.9 Å². The lowest BCUT2D eigenvalue weighted by Crippen LogP contribution is -2.50. The van der Waals surface area contributed by atoms with E-state index in [0.29, 0.717) is 11.6 Å². The zero-order chi connectivity index (χ0) is 23.8. The molecule has 174 valence electrons. The Bertz CT molecular complexity index is 1270. The molecule has 1 aromatic carbocycles. The monoisotopic (exact) mass is 490 g/mol. The molecule has 2 aliphatic heterocycles. The van der Waals surface area contributed by atoms with Crippen molar-refractivity contribution in [2.24, 2.45) is 12.8 Å². The first-order valence-corrected chi connectivity index (χ1v) is 12.0. The van der Waals surface area contributed by atoms with Crippen LogP contribution in [0.2, 0.25) is 5.02 Å². The molecule has 3 heterocycles. The first-order chi connectivity index (χ1) is 15.6. The smallest absolute Gasteiger partial charge is 0.265 e. The number of nitrogens with zero attached hydrogens (tertiary/aromatic N) is 3. The van der Waals surface area contributed by atoms with E-state index in [1.165, 1.54) is 27.2 Å². The lowest BCUT2D eigenvalue weighted by atomic mass is 10.1. The number of carbonyl (C=O) groups excluding carboxylic acids is 2. The van der Waals surface area contributed by atoms with Crippen molar-refractivity contribution in [3.8, 4) is 5.75 Å². The third-order valence-electron chi connectivity index (χ3n) is 5.57. The molecule has 2 amide bonds. The number of aromatic nitrogens is 1. The molecule has 0 saturated carbocycles. The number of hydrogen-bond acceptors (Lipinski definition) is 5. The van der Waals surface area contributed by atoms with E-state index in [1.807, 2.05) is 6.08 Å². The minimum atomic E-state index is -3.80. The predicted octanol–water partition coefficient (Wildman–Crippen LogP) is 1.64. The second-order valence-corrected chi connectivity index (χ2v) is 10.2. The van der Waals surface area contributed by atoms with E-state index in [1.54, 1.807) is 36.2 Å². The van der Waals surface area contributed by atoms with Gasteiger partial charge in [-0.1, -0.05) is 17.7 Å². The van der Waals surface area contributed by atoms with Crippen LogP contribution >= 0.6 is 11.6 Å². The first kappa shape index (κ1) is 23.1. The molecule has 0 atom stereocenters. The number of benzene rings is 1. The molecule has 0 unspecified atom stereocenters. The zero-order valence-electron chi connectivity index (χ0n) is 17.9. The Labute approximate surface area is 196 Å². The molecule has 0 bridgehead atoms. The molecule has 2 aliphatic rings. The minimum Gasteiger partial charge on any atom is -0.488 e. The van der Waals surface area contributed by atoms with Gasteiger partial charge in [0.2, 0.25) is 15.9 Å². The number of nitrogens with two attached hydrogens (primary N) is 1. The van der Waals surface area contributed by atoms with Gasteiger partial charge < -0.3 is 19.9 Å². The fraction of sp³-hybridized carbons (Fsp3) is 0.273. The number of carbonyl (C=O) groups is 2. The van der Waals surface area contributed by atoms with E-state index >= 15 is 0 Å². The third kappa shape index (κ3) is 4.82. The molecule has 1 saturated heterocycles. The number of halogens is 1. The maximum Gasteiger partial charge on any atom is 0.265 e. The quantitative estimate of drug-likeness (QED) is 0.640. The first-order valence-electron chi connectivity index (χ1n) is 10.2. The van der Waals surface area contributed by atoms with Crippen molar-refractivity contribution in [2.75, 3.05) is 32.8 Å². The summed E-state index contributed by atoms with van der Waals surface area (Å²) in [6.45, 7) is 1.16. The van der Waals surface area contributed by atoms with Gasteiger partial charge in [-0.15, -0.1) is 0 Å². The number of aryl methyl sites for hydroxylation is 1. The van der Waals surface area contributed by atoms with Crippen LogP contribution in [0.1, 0.15) is 16.1 Å². The van der Waals surface area contributed by atoms with Gasteiger partial charge in [0.25, 0.3) is 5.91 Å². The largest absolute Gasteiger partial charge is 0.488 e. The summed E-state index contributed by atoms with van der Waals surface area (Å²) in [5.41, 5.74) is 7.06. The van der Waals surface area contributed by atoms with Gasteiger partial charge in [0, 0.05) is 56.1 Å². The molecule has 2 N–H and O–H groups in total. The predicted molar refractivity (Wildman–Crippen MR) is 123 cm³/mol. The van der Waals surface area contributed by atoms with E-state index in [0.717, 1.165) is 16.9 Å². The average molecular weight is 491 g/mol. The number of amides is 2. The van der Waals surface area contributed by atoms with Crippen LogP contribution in [0.25, 0.3) is 6.08 Å².